The molecule has 9 heteroatoms. The first-order chi connectivity index (χ1) is 6.00. The summed E-state index contributed by atoms with van der Waals surface area (Å²) in [6.45, 7) is 0.527. The van der Waals surface area contributed by atoms with Crippen molar-refractivity contribution in [3.8, 4) is 0 Å². The van der Waals surface area contributed by atoms with Crippen LogP contribution in [-0.4, -0.2) is 23.7 Å². The van der Waals surface area contributed by atoms with E-state index in [1.54, 1.807) is 0 Å². The van der Waals surface area contributed by atoms with Crippen molar-refractivity contribution in [3.63, 3.8) is 0 Å². The van der Waals surface area contributed by atoms with E-state index in [1.165, 1.54) is 0 Å². The maximum absolute atomic E-state index is 12.3. The van der Waals surface area contributed by atoms with E-state index in [0.29, 0.717) is 6.92 Å². The number of hydrogen-bond donors (Lipinski definition) is 1. The molecule has 0 aliphatic rings. The van der Waals surface area contributed by atoms with E-state index >= 15 is 0 Å². The molecule has 92 valence electrons. The van der Waals surface area contributed by atoms with E-state index in [0.717, 1.165) is 0 Å². The fourth-order valence-electron chi connectivity index (χ4n) is 0.580. The fraction of sp³-hybridized carbons (Fsp3) is 0.833. The van der Waals surface area contributed by atoms with E-state index < -0.39 is 30.2 Å². The molecule has 0 amide bonds. The van der Waals surface area contributed by atoms with Gasteiger partial charge in [0.15, 0.2) is 0 Å². The molecule has 0 unspecified atom stereocenters. The van der Waals surface area contributed by atoms with Crippen LogP contribution < -0.4 is 11.3 Å². The molecular formula is C6H9F6NO2. The van der Waals surface area contributed by atoms with Gasteiger partial charge in [-0.15, -0.1) is 0 Å². The lowest BCUT2D eigenvalue weighted by Gasteiger charge is -2.32. The van der Waals surface area contributed by atoms with E-state index in [4.69, 9.17) is 0 Å². The molecule has 0 aliphatic heterocycles. The van der Waals surface area contributed by atoms with Crippen molar-refractivity contribution in [3.05, 3.63) is 0 Å². The van der Waals surface area contributed by atoms with Gasteiger partial charge < -0.3 is 16.1 Å². The Hall–Kier alpha value is -0.990. The minimum absolute atomic E-state index is 0. The molecule has 0 spiro atoms. The van der Waals surface area contributed by atoms with Gasteiger partial charge in [0, 0.05) is 6.42 Å². The molecule has 15 heavy (non-hydrogen) atoms. The number of halogens is 6. The third-order valence-corrected chi connectivity index (χ3v) is 1.55. The van der Waals surface area contributed by atoms with Crippen molar-refractivity contribution in [1.29, 1.82) is 0 Å². The first-order valence-electron chi connectivity index (χ1n) is 3.35. The highest BCUT2D eigenvalue weighted by atomic mass is 19.3. The second-order valence-corrected chi connectivity index (χ2v) is 2.49. The molecule has 0 aromatic carbocycles. The van der Waals surface area contributed by atoms with Crippen molar-refractivity contribution < 1.29 is 36.2 Å². The van der Waals surface area contributed by atoms with Crippen molar-refractivity contribution in [2.24, 2.45) is 0 Å². The van der Waals surface area contributed by atoms with Crippen LogP contribution in [0.5, 0.6) is 0 Å². The zero-order valence-electron chi connectivity index (χ0n) is 7.79. The quantitative estimate of drug-likeness (QED) is 0.755. The van der Waals surface area contributed by atoms with Crippen molar-refractivity contribution in [2.45, 2.75) is 31.1 Å². The van der Waals surface area contributed by atoms with Gasteiger partial charge in [-0.05, 0) is 0 Å². The Morgan fingerprint density at radius 3 is 1.67 bits per heavy atom. The summed E-state index contributed by atoms with van der Waals surface area (Å²) in [5.74, 6) is -20.5. The number of aliphatic carboxylic acids is 1. The fourth-order valence-corrected chi connectivity index (χ4v) is 0.580. The van der Waals surface area contributed by atoms with Crippen LogP contribution in [0.15, 0.2) is 0 Å². The zero-order chi connectivity index (χ0) is 11.8. The Kier molecular flexibility index (Phi) is 4.66. The first kappa shape index (κ1) is 16.4. The summed E-state index contributed by atoms with van der Waals surface area (Å²) in [7, 11) is 0. The summed E-state index contributed by atoms with van der Waals surface area (Å²) in [4.78, 5) is 9.56. The number of hydrogen-bond acceptors (Lipinski definition) is 2. The highest BCUT2D eigenvalue weighted by molar-refractivity contribution is 5.74. The lowest BCUT2D eigenvalue weighted by Crippen LogP contribution is -2.61. The molecule has 3 nitrogen and oxygen atoms in total. The van der Waals surface area contributed by atoms with Crippen LogP contribution in [0.4, 0.5) is 26.3 Å². The molecule has 0 aromatic rings. The predicted octanol–water partition coefficient (Wildman–Crippen LogP) is 1.43. The van der Waals surface area contributed by atoms with E-state index in [1.807, 2.05) is 0 Å². The van der Waals surface area contributed by atoms with Gasteiger partial charge in [0.1, 0.15) is 5.97 Å². The van der Waals surface area contributed by atoms with Crippen molar-refractivity contribution >= 4 is 5.97 Å². The molecule has 0 bridgehead atoms. The van der Waals surface area contributed by atoms with Gasteiger partial charge in [-0.25, -0.2) is 0 Å². The molecule has 0 heterocycles. The second kappa shape index (κ2) is 4.25. The van der Waals surface area contributed by atoms with Crippen LogP contribution in [0, 0.1) is 0 Å². The number of rotatable bonds is 4. The van der Waals surface area contributed by atoms with Gasteiger partial charge in [0.2, 0.25) is 0 Å². The standard InChI is InChI=1S/C6H6F6O2.H3N/c1-2-4(7,8)6(11,12)5(9,10)3(13)14;/h2H2,1H3,(H,13,14);1H3. The van der Waals surface area contributed by atoms with E-state index in [-0.39, 0.29) is 6.15 Å². The van der Waals surface area contributed by atoms with Crippen LogP contribution in [-0.2, 0) is 4.79 Å². The van der Waals surface area contributed by atoms with Crippen LogP contribution in [0.2, 0.25) is 0 Å². The number of carbonyl (C=O) groups is 1. The summed E-state index contributed by atoms with van der Waals surface area (Å²) in [5, 5.41) is 9.56. The number of carbonyl (C=O) groups excluding carboxylic acids is 1. The smallest absolute Gasteiger partial charge is 0.377 e. The van der Waals surface area contributed by atoms with Gasteiger partial charge in [-0.3, -0.25) is 0 Å². The third-order valence-electron chi connectivity index (χ3n) is 1.55. The third kappa shape index (κ3) is 2.33. The number of carboxylic acids is 1. The van der Waals surface area contributed by atoms with Gasteiger partial charge in [0.25, 0.3) is 0 Å². The average Bonchev–Trinajstić information content (AvgIpc) is 2.03. The first-order valence-corrected chi connectivity index (χ1v) is 3.35. The highest BCUT2D eigenvalue weighted by Crippen LogP contribution is 2.46. The Labute approximate surface area is 80.6 Å². The molecule has 0 aliphatic carbocycles. The van der Waals surface area contributed by atoms with E-state index in [2.05, 4.69) is 0 Å². The normalized spacial score (nSPS) is 13.3. The maximum atomic E-state index is 12.3. The van der Waals surface area contributed by atoms with Gasteiger partial charge in [-0.1, -0.05) is 6.92 Å². The Bertz CT molecular complexity index is 242. The largest absolute Gasteiger partial charge is 0.544 e. The van der Waals surface area contributed by atoms with Gasteiger partial charge in [-0.2, -0.15) is 26.3 Å². The molecule has 4 N–H and O–H groups in total. The molecular weight excluding hydrogens is 232 g/mol. The maximum Gasteiger partial charge on any atom is 0.377 e. The molecule has 0 saturated carbocycles. The van der Waals surface area contributed by atoms with Gasteiger partial charge >= 0.3 is 17.8 Å². The lowest BCUT2D eigenvalue weighted by molar-refractivity contribution is -0.369. The predicted molar refractivity (Wildman–Crippen MR) is 36.1 cm³/mol. The Morgan fingerprint density at radius 1 is 1.13 bits per heavy atom. The second-order valence-electron chi connectivity index (χ2n) is 2.49. The lowest BCUT2D eigenvalue weighted by atomic mass is 10.0. The van der Waals surface area contributed by atoms with Crippen LogP contribution >= 0.6 is 0 Å². The molecule has 0 atom stereocenters. The Balaban J connectivity index is 0. The van der Waals surface area contributed by atoms with E-state index in [9.17, 15) is 36.2 Å². The van der Waals surface area contributed by atoms with Gasteiger partial charge in [0.05, 0.1) is 0 Å². The minimum Gasteiger partial charge on any atom is -0.544 e. The molecule has 0 saturated heterocycles. The number of alkyl halides is 6. The monoisotopic (exact) mass is 241 g/mol. The molecule has 0 rings (SSSR count). The molecule has 0 aromatic heterocycles. The van der Waals surface area contributed by atoms with Crippen molar-refractivity contribution in [2.75, 3.05) is 0 Å². The van der Waals surface area contributed by atoms with Crippen LogP contribution in [0.1, 0.15) is 13.3 Å². The zero-order valence-corrected chi connectivity index (χ0v) is 7.79. The SMILES string of the molecule is CCC(F)(F)C(F)(F)C(F)(F)C(=O)[O-].[NH4+]. The van der Waals surface area contributed by atoms with Crippen molar-refractivity contribution in [1.82, 2.24) is 6.15 Å². The molecule has 0 radical (unpaired) electrons. The topological polar surface area (TPSA) is 76.6 Å². The summed E-state index contributed by atoms with van der Waals surface area (Å²) in [6.07, 6.45) is -1.61. The van der Waals surface area contributed by atoms with Crippen LogP contribution in [0.3, 0.4) is 0 Å². The summed E-state index contributed by atoms with van der Waals surface area (Å²) < 4.78 is 73.4. The summed E-state index contributed by atoms with van der Waals surface area (Å²) >= 11 is 0. The average molecular weight is 241 g/mol. The Morgan fingerprint density at radius 2 is 1.47 bits per heavy atom. The number of carboxylic acid groups (broad SMARTS) is 1. The minimum atomic E-state index is -5.96. The van der Waals surface area contributed by atoms with Crippen LogP contribution in [0.25, 0.3) is 0 Å². The number of quaternary nitrogens is 1. The summed E-state index contributed by atoms with van der Waals surface area (Å²) in [6, 6.07) is 0. The summed E-state index contributed by atoms with van der Waals surface area (Å²) in [5.41, 5.74) is 0. The molecule has 0 fully saturated rings. The highest BCUT2D eigenvalue weighted by Gasteiger charge is 2.71.